The van der Waals surface area contributed by atoms with Gasteiger partial charge in [-0.3, -0.25) is 4.90 Å². The van der Waals surface area contributed by atoms with Gasteiger partial charge in [0, 0.05) is 18.9 Å². The quantitative estimate of drug-likeness (QED) is 0.777. The van der Waals surface area contributed by atoms with E-state index in [2.05, 4.69) is 11.8 Å². The Morgan fingerprint density at radius 3 is 2.26 bits per heavy atom. The highest BCUT2D eigenvalue weighted by Gasteiger charge is 2.12. The Labute approximate surface area is 116 Å². The zero-order valence-electron chi connectivity index (χ0n) is 11.8. The number of hydrogen-bond acceptors (Lipinski definition) is 4. The average Bonchev–Trinajstić information content (AvgIpc) is 2.37. The third kappa shape index (κ3) is 4.93. The van der Waals surface area contributed by atoms with Crippen LogP contribution in [-0.4, -0.2) is 44.9 Å². The lowest BCUT2D eigenvalue weighted by Gasteiger charge is -2.25. The van der Waals surface area contributed by atoms with E-state index in [4.69, 9.17) is 5.11 Å². The molecule has 1 aromatic rings. The van der Waals surface area contributed by atoms with Gasteiger partial charge in [0.05, 0.1) is 4.90 Å². The first-order valence-corrected chi connectivity index (χ1v) is 8.36. The summed E-state index contributed by atoms with van der Waals surface area (Å²) in [5.41, 5.74) is 1.10. The molecule has 19 heavy (non-hydrogen) atoms. The molecule has 0 aromatic heterocycles. The topological polar surface area (TPSA) is 57.6 Å². The van der Waals surface area contributed by atoms with Crippen molar-refractivity contribution in [2.45, 2.75) is 30.7 Å². The molecule has 0 aliphatic rings. The highest BCUT2D eigenvalue weighted by atomic mass is 32.2. The fourth-order valence-corrected chi connectivity index (χ4v) is 2.55. The molecule has 0 aliphatic carbocycles. The van der Waals surface area contributed by atoms with Crippen LogP contribution in [0.15, 0.2) is 29.2 Å². The molecule has 0 bridgehead atoms. The third-order valence-electron chi connectivity index (χ3n) is 3.37. The van der Waals surface area contributed by atoms with Gasteiger partial charge in [0.2, 0.25) is 0 Å². The summed E-state index contributed by atoms with van der Waals surface area (Å²) in [6.07, 6.45) is 2.98. The van der Waals surface area contributed by atoms with Gasteiger partial charge in [0.1, 0.15) is 0 Å². The van der Waals surface area contributed by atoms with Crippen LogP contribution in [0.2, 0.25) is 0 Å². The summed E-state index contributed by atoms with van der Waals surface area (Å²) in [7, 11) is -1.09. The number of rotatable bonds is 7. The molecule has 4 nitrogen and oxygen atoms in total. The first-order valence-electron chi connectivity index (χ1n) is 6.47. The molecule has 0 saturated heterocycles. The number of unbranched alkanes of at least 4 members (excludes halogenated alkanes) is 1. The van der Waals surface area contributed by atoms with Gasteiger partial charge in [0.15, 0.2) is 9.84 Å². The predicted octanol–water partition coefficient (Wildman–Crippen LogP) is 1.86. The van der Waals surface area contributed by atoms with Crippen molar-refractivity contribution in [3.05, 3.63) is 29.8 Å². The standard InChI is InChI=1S/C14H23NO3S/c1-12(15(2)10-4-5-11-16)13-6-8-14(9-7-13)19(3,17)18/h6-9,12,16H,4-5,10-11H2,1-3H3. The summed E-state index contributed by atoms with van der Waals surface area (Å²) < 4.78 is 22.8. The molecule has 0 heterocycles. The van der Waals surface area contributed by atoms with E-state index in [0.29, 0.717) is 4.90 Å². The molecular weight excluding hydrogens is 262 g/mol. The van der Waals surface area contributed by atoms with Crippen molar-refractivity contribution in [2.24, 2.45) is 0 Å². The highest BCUT2D eigenvalue weighted by molar-refractivity contribution is 7.90. The predicted molar refractivity (Wildman–Crippen MR) is 76.9 cm³/mol. The van der Waals surface area contributed by atoms with E-state index in [1.807, 2.05) is 19.2 Å². The van der Waals surface area contributed by atoms with Crippen LogP contribution in [0.1, 0.15) is 31.4 Å². The minimum absolute atomic E-state index is 0.227. The van der Waals surface area contributed by atoms with Crippen LogP contribution in [0.4, 0.5) is 0 Å². The molecule has 0 radical (unpaired) electrons. The maximum Gasteiger partial charge on any atom is 0.175 e. The van der Waals surface area contributed by atoms with E-state index in [1.54, 1.807) is 12.1 Å². The van der Waals surface area contributed by atoms with E-state index in [0.717, 1.165) is 24.9 Å². The Morgan fingerprint density at radius 2 is 1.79 bits per heavy atom. The maximum absolute atomic E-state index is 11.4. The van der Waals surface area contributed by atoms with Crippen molar-refractivity contribution in [1.82, 2.24) is 4.90 Å². The second-order valence-electron chi connectivity index (χ2n) is 4.93. The van der Waals surface area contributed by atoms with Gasteiger partial charge in [0.25, 0.3) is 0 Å². The second kappa shape index (κ2) is 7.03. The van der Waals surface area contributed by atoms with Crippen LogP contribution >= 0.6 is 0 Å². The molecule has 1 N–H and O–H groups in total. The molecule has 0 aliphatic heterocycles. The van der Waals surface area contributed by atoms with Crippen molar-refractivity contribution in [3.8, 4) is 0 Å². The van der Waals surface area contributed by atoms with E-state index in [1.165, 1.54) is 6.26 Å². The first kappa shape index (κ1) is 16.1. The van der Waals surface area contributed by atoms with Crippen LogP contribution in [0.25, 0.3) is 0 Å². The van der Waals surface area contributed by atoms with E-state index < -0.39 is 9.84 Å². The Morgan fingerprint density at radius 1 is 1.21 bits per heavy atom. The molecule has 1 atom stereocenters. The fourth-order valence-electron chi connectivity index (χ4n) is 1.91. The zero-order valence-corrected chi connectivity index (χ0v) is 12.7. The molecule has 0 spiro atoms. The first-order chi connectivity index (χ1) is 8.86. The molecule has 0 fully saturated rings. The molecule has 1 rings (SSSR count). The van der Waals surface area contributed by atoms with Crippen molar-refractivity contribution >= 4 is 9.84 Å². The van der Waals surface area contributed by atoms with E-state index >= 15 is 0 Å². The van der Waals surface area contributed by atoms with Gasteiger partial charge < -0.3 is 5.11 Å². The summed E-state index contributed by atoms with van der Waals surface area (Å²) in [5.74, 6) is 0. The summed E-state index contributed by atoms with van der Waals surface area (Å²) in [5, 5.41) is 8.77. The number of nitrogens with zero attached hydrogens (tertiary/aromatic N) is 1. The molecule has 5 heteroatoms. The SMILES string of the molecule is CC(c1ccc(S(C)(=O)=O)cc1)N(C)CCCCO. The third-order valence-corrected chi connectivity index (χ3v) is 4.50. The zero-order chi connectivity index (χ0) is 14.5. The minimum Gasteiger partial charge on any atom is -0.396 e. The van der Waals surface area contributed by atoms with Crippen LogP contribution in [0.5, 0.6) is 0 Å². The lowest BCUT2D eigenvalue weighted by Crippen LogP contribution is -2.23. The number of sulfone groups is 1. The molecule has 1 unspecified atom stereocenters. The van der Waals surface area contributed by atoms with Gasteiger partial charge in [-0.15, -0.1) is 0 Å². The number of hydrogen-bond donors (Lipinski definition) is 1. The monoisotopic (exact) mass is 285 g/mol. The van der Waals surface area contributed by atoms with Crippen molar-refractivity contribution in [1.29, 1.82) is 0 Å². The average molecular weight is 285 g/mol. The van der Waals surface area contributed by atoms with Gasteiger partial charge in [-0.05, 0) is 51.1 Å². The minimum atomic E-state index is -3.12. The van der Waals surface area contributed by atoms with E-state index in [-0.39, 0.29) is 12.6 Å². The van der Waals surface area contributed by atoms with Crippen LogP contribution in [0.3, 0.4) is 0 Å². The Kier molecular flexibility index (Phi) is 5.97. The molecule has 108 valence electrons. The Bertz CT molecular complexity index is 482. The van der Waals surface area contributed by atoms with Gasteiger partial charge in [-0.25, -0.2) is 8.42 Å². The number of aliphatic hydroxyl groups is 1. The maximum atomic E-state index is 11.4. The lowest BCUT2D eigenvalue weighted by molar-refractivity contribution is 0.234. The summed E-state index contributed by atoms with van der Waals surface area (Å²) in [6, 6.07) is 7.27. The van der Waals surface area contributed by atoms with Crippen LogP contribution < -0.4 is 0 Å². The van der Waals surface area contributed by atoms with Gasteiger partial charge >= 0.3 is 0 Å². The summed E-state index contributed by atoms with van der Waals surface area (Å²) in [4.78, 5) is 2.55. The van der Waals surface area contributed by atoms with Gasteiger partial charge in [-0.2, -0.15) is 0 Å². The smallest absolute Gasteiger partial charge is 0.175 e. The van der Waals surface area contributed by atoms with Crippen LogP contribution in [-0.2, 0) is 9.84 Å². The Balaban J connectivity index is 2.69. The van der Waals surface area contributed by atoms with Crippen molar-refractivity contribution in [3.63, 3.8) is 0 Å². The normalized spacial score (nSPS) is 13.7. The Hall–Kier alpha value is -0.910. The number of benzene rings is 1. The van der Waals surface area contributed by atoms with Crippen molar-refractivity contribution < 1.29 is 13.5 Å². The summed E-state index contributed by atoms with van der Waals surface area (Å²) in [6.45, 7) is 3.23. The lowest BCUT2D eigenvalue weighted by atomic mass is 10.1. The largest absolute Gasteiger partial charge is 0.396 e. The summed E-state index contributed by atoms with van der Waals surface area (Å²) >= 11 is 0. The van der Waals surface area contributed by atoms with Gasteiger partial charge in [-0.1, -0.05) is 12.1 Å². The van der Waals surface area contributed by atoms with E-state index in [9.17, 15) is 8.42 Å². The second-order valence-corrected chi connectivity index (χ2v) is 6.94. The molecular formula is C14H23NO3S. The van der Waals surface area contributed by atoms with Crippen LogP contribution in [0, 0.1) is 0 Å². The number of aliphatic hydroxyl groups excluding tert-OH is 1. The molecule has 1 aromatic carbocycles. The fraction of sp³-hybridized carbons (Fsp3) is 0.571. The highest BCUT2D eigenvalue weighted by Crippen LogP contribution is 2.20. The van der Waals surface area contributed by atoms with Crippen molar-refractivity contribution in [2.75, 3.05) is 26.5 Å². The molecule has 0 amide bonds. The molecule has 0 saturated carbocycles.